The number of nitrogens with one attached hydrogen (secondary N) is 1. The van der Waals surface area contributed by atoms with Crippen LogP contribution in [0, 0.1) is 5.92 Å². The molecule has 10 heteroatoms. The van der Waals surface area contributed by atoms with Crippen LogP contribution in [0.3, 0.4) is 0 Å². The summed E-state index contributed by atoms with van der Waals surface area (Å²) >= 11 is 0. The third kappa shape index (κ3) is 10.4. The van der Waals surface area contributed by atoms with Gasteiger partial charge in [0.2, 0.25) is 0 Å². The second-order valence-corrected chi connectivity index (χ2v) is 15.3. The molecule has 0 aliphatic carbocycles. The Morgan fingerprint density at radius 2 is 1.35 bits per heavy atom. The standard InChI is InChI=1S/C38H57N5O5/c1-28(2)32-27-41(33(29-15-11-9-12-16-29)30-17-13-10-14-18-30)25-26-43(32)35(45)42(24-21-39-34(44)47-37(3,4)5)31-19-22-40(23-20-31)36(46)48-38(6,7)8/h9-18,28,31-33H,19-27H2,1-8H3,(H,39,44). The fourth-order valence-corrected chi connectivity index (χ4v) is 6.64. The Morgan fingerprint density at radius 3 is 1.85 bits per heavy atom. The van der Waals surface area contributed by atoms with Gasteiger partial charge in [-0.25, -0.2) is 14.4 Å². The lowest BCUT2D eigenvalue weighted by Crippen LogP contribution is -2.62. The summed E-state index contributed by atoms with van der Waals surface area (Å²) in [5, 5.41) is 2.85. The van der Waals surface area contributed by atoms with E-state index in [2.05, 4.69) is 72.6 Å². The molecule has 4 rings (SSSR count). The summed E-state index contributed by atoms with van der Waals surface area (Å²) in [7, 11) is 0. The quantitative estimate of drug-likeness (QED) is 0.335. The zero-order chi connectivity index (χ0) is 35.1. The van der Waals surface area contributed by atoms with Crippen LogP contribution in [0.15, 0.2) is 60.7 Å². The fourth-order valence-electron chi connectivity index (χ4n) is 6.64. The van der Waals surface area contributed by atoms with Gasteiger partial charge in [-0.15, -0.1) is 0 Å². The van der Waals surface area contributed by atoms with Crippen LogP contribution < -0.4 is 5.32 Å². The highest BCUT2D eigenvalue weighted by atomic mass is 16.6. The number of ether oxygens (including phenoxy) is 2. The lowest BCUT2D eigenvalue weighted by molar-refractivity contribution is 0.0111. The van der Waals surface area contributed by atoms with Gasteiger partial charge in [0.25, 0.3) is 0 Å². The van der Waals surface area contributed by atoms with Crippen molar-refractivity contribution in [3.8, 4) is 0 Å². The molecule has 264 valence electrons. The van der Waals surface area contributed by atoms with E-state index < -0.39 is 17.3 Å². The Morgan fingerprint density at radius 1 is 0.812 bits per heavy atom. The minimum absolute atomic E-state index is 0.00987. The molecule has 1 N–H and O–H groups in total. The van der Waals surface area contributed by atoms with Gasteiger partial charge in [-0.1, -0.05) is 74.5 Å². The largest absolute Gasteiger partial charge is 0.444 e. The minimum atomic E-state index is -0.615. The molecule has 48 heavy (non-hydrogen) atoms. The fraction of sp³-hybridized carbons (Fsp3) is 0.605. The highest BCUT2D eigenvalue weighted by Crippen LogP contribution is 2.33. The van der Waals surface area contributed by atoms with E-state index in [4.69, 9.17) is 9.47 Å². The third-order valence-corrected chi connectivity index (χ3v) is 8.88. The van der Waals surface area contributed by atoms with Crippen molar-refractivity contribution in [2.75, 3.05) is 45.8 Å². The third-order valence-electron chi connectivity index (χ3n) is 8.88. The second-order valence-electron chi connectivity index (χ2n) is 15.3. The first-order valence-electron chi connectivity index (χ1n) is 17.5. The van der Waals surface area contributed by atoms with Crippen LogP contribution in [0.1, 0.15) is 85.4 Å². The topological polar surface area (TPSA) is 94.7 Å². The van der Waals surface area contributed by atoms with Crippen molar-refractivity contribution < 1.29 is 23.9 Å². The molecule has 0 spiro atoms. The van der Waals surface area contributed by atoms with Crippen molar-refractivity contribution in [1.82, 2.24) is 24.9 Å². The second kappa shape index (κ2) is 16.1. The highest BCUT2D eigenvalue weighted by molar-refractivity contribution is 5.76. The van der Waals surface area contributed by atoms with E-state index in [-0.39, 0.29) is 42.7 Å². The first kappa shape index (κ1) is 37.0. The maximum absolute atomic E-state index is 14.6. The Hall–Kier alpha value is -3.79. The molecule has 2 aliphatic rings. The molecular formula is C38H57N5O5. The number of amides is 4. The van der Waals surface area contributed by atoms with Crippen LogP contribution >= 0.6 is 0 Å². The van der Waals surface area contributed by atoms with Gasteiger partial charge >= 0.3 is 18.2 Å². The highest BCUT2D eigenvalue weighted by Gasteiger charge is 2.40. The first-order valence-corrected chi connectivity index (χ1v) is 17.5. The number of hydrogen-bond acceptors (Lipinski definition) is 6. The summed E-state index contributed by atoms with van der Waals surface area (Å²) in [4.78, 5) is 48.1. The normalized spacial score (nSPS) is 18.2. The van der Waals surface area contributed by atoms with Crippen molar-refractivity contribution in [2.24, 2.45) is 5.92 Å². The number of benzene rings is 2. The SMILES string of the molecule is CC(C)C1CN(C(c2ccccc2)c2ccccc2)CCN1C(=O)N(CCNC(=O)OC(C)(C)C)C1CCN(C(=O)OC(C)(C)C)CC1. The molecular weight excluding hydrogens is 606 g/mol. The van der Waals surface area contributed by atoms with Gasteiger partial charge in [-0.05, 0) is 71.4 Å². The molecule has 1 atom stereocenters. The van der Waals surface area contributed by atoms with Gasteiger partial charge in [0.1, 0.15) is 11.2 Å². The summed E-state index contributed by atoms with van der Waals surface area (Å²) in [5.74, 6) is 0.222. The van der Waals surface area contributed by atoms with Crippen LogP contribution in [0.2, 0.25) is 0 Å². The number of carbonyl (C=O) groups is 3. The van der Waals surface area contributed by atoms with E-state index in [1.165, 1.54) is 11.1 Å². The summed E-state index contributed by atoms with van der Waals surface area (Å²) < 4.78 is 11.1. The van der Waals surface area contributed by atoms with Crippen LogP contribution in [-0.4, -0.2) is 107 Å². The van der Waals surface area contributed by atoms with Crippen molar-refractivity contribution in [3.05, 3.63) is 71.8 Å². The molecule has 2 fully saturated rings. The summed E-state index contributed by atoms with van der Waals surface area (Å²) in [6, 6.07) is 21.1. The molecule has 2 saturated heterocycles. The van der Waals surface area contributed by atoms with Gasteiger partial charge in [-0.2, -0.15) is 0 Å². The summed E-state index contributed by atoms with van der Waals surface area (Å²) in [5.41, 5.74) is 1.28. The molecule has 0 saturated carbocycles. The number of likely N-dealkylation sites (tertiary alicyclic amines) is 1. The number of piperazine rings is 1. The van der Waals surface area contributed by atoms with Gasteiger partial charge in [0.05, 0.1) is 6.04 Å². The van der Waals surface area contributed by atoms with E-state index in [0.717, 1.165) is 13.1 Å². The zero-order valence-corrected chi connectivity index (χ0v) is 30.3. The number of urea groups is 1. The van der Waals surface area contributed by atoms with Crippen molar-refractivity contribution in [1.29, 1.82) is 0 Å². The molecule has 0 bridgehead atoms. The number of nitrogens with zero attached hydrogens (tertiary/aromatic N) is 4. The maximum atomic E-state index is 14.6. The number of piperidine rings is 1. The van der Waals surface area contributed by atoms with Crippen LogP contribution in [0.25, 0.3) is 0 Å². The average Bonchev–Trinajstić information content (AvgIpc) is 3.02. The number of alkyl carbamates (subject to hydrolysis) is 1. The smallest absolute Gasteiger partial charge is 0.410 e. The lowest BCUT2D eigenvalue weighted by Gasteiger charge is -2.49. The first-order chi connectivity index (χ1) is 22.6. The molecule has 0 radical (unpaired) electrons. The van der Waals surface area contributed by atoms with E-state index in [1.54, 1.807) is 4.90 Å². The molecule has 2 aliphatic heterocycles. The molecule has 0 aromatic heterocycles. The molecule has 10 nitrogen and oxygen atoms in total. The summed E-state index contributed by atoms with van der Waals surface area (Å²) in [6.45, 7) is 19.1. The molecule has 2 aromatic carbocycles. The maximum Gasteiger partial charge on any atom is 0.410 e. The van der Waals surface area contributed by atoms with Crippen molar-refractivity contribution in [2.45, 2.75) is 97.6 Å². The van der Waals surface area contributed by atoms with Crippen molar-refractivity contribution >= 4 is 18.2 Å². The number of rotatable bonds is 8. The van der Waals surface area contributed by atoms with Crippen LogP contribution in [0.5, 0.6) is 0 Å². The number of hydrogen-bond donors (Lipinski definition) is 1. The van der Waals surface area contributed by atoms with Gasteiger partial charge in [0.15, 0.2) is 0 Å². The monoisotopic (exact) mass is 663 g/mol. The Labute approximate surface area is 287 Å². The zero-order valence-electron chi connectivity index (χ0n) is 30.3. The van der Waals surface area contributed by atoms with E-state index >= 15 is 0 Å². The average molecular weight is 664 g/mol. The molecule has 1 unspecified atom stereocenters. The lowest BCUT2D eigenvalue weighted by atomic mass is 9.93. The Kier molecular flexibility index (Phi) is 12.4. The summed E-state index contributed by atoms with van der Waals surface area (Å²) in [6.07, 6.45) is 0.436. The van der Waals surface area contributed by atoms with Gasteiger partial charge < -0.3 is 29.5 Å². The van der Waals surface area contributed by atoms with Gasteiger partial charge in [0, 0.05) is 57.9 Å². The molecule has 2 aromatic rings. The van der Waals surface area contributed by atoms with Crippen LogP contribution in [-0.2, 0) is 9.47 Å². The minimum Gasteiger partial charge on any atom is -0.444 e. The molecule has 2 heterocycles. The van der Waals surface area contributed by atoms with E-state index in [9.17, 15) is 14.4 Å². The predicted molar refractivity (Wildman–Crippen MR) is 189 cm³/mol. The predicted octanol–water partition coefficient (Wildman–Crippen LogP) is 6.76. The van der Waals surface area contributed by atoms with E-state index in [1.807, 2.05) is 63.5 Å². The van der Waals surface area contributed by atoms with Crippen molar-refractivity contribution in [3.63, 3.8) is 0 Å². The van der Waals surface area contributed by atoms with Gasteiger partial charge in [-0.3, -0.25) is 4.90 Å². The Balaban J connectivity index is 1.53. The van der Waals surface area contributed by atoms with E-state index in [0.29, 0.717) is 39.0 Å². The Bertz CT molecular complexity index is 1290. The molecule has 4 amide bonds. The number of carbonyl (C=O) groups excluding carboxylic acids is 3. The van der Waals surface area contributed by atoms with Crippen LogP contribution in [0.4, 0.5) is 14.4 Å².